The van der Waals surface area contributed by atoms with E-state index in [1.165, 1.54) is 44.6 Å². The Morgan fingerprint density at radius 3 is 2.42 bits per heavy atom. The summed E-state index contributed by atoms with van der Waals surface area (Å²) in [5.74, 6) is 2.15. The van der Waals surface area contributed by atoms with Gasteiger partial charge in [-0.3, -0.25) is 4.90 Å². The summed E-state index contributed by atoms with van der Waals surface area (Å²) in [6.07, 6.45) is 3.12. The van der Waals surface area contributed by atoms with Crippen LogP contribution in [0.25, 0.3) is 11.1 Å². The molecule has 4 heteroatoms. The molecule has 0 spiro atoms. The lowest BCUT2D eigenvalue weighted by molar-refractivity contribution is 0.249. The van der Waals surface area contributed by atoms with E-state index in [4.69, 9.17) is 0 Å². The monoisotopic (exact) mass is 451 g/mol. The highest BCUT2D eigenvalue weighted by Crippen LogP contribution is 2.47. The molecule has 3 aromatic rings. The summed E-state index contributed by atoms with van der Waals surface area (Å²) in [7, 11) is 0. The summed E-state index contributed by atoms with van der Waals surface area (Å²) < 4.78 is 0. The number of hydrogen-bond donors (Lipinski definition) is 0. The first-order valence-electron chi connectivity index (χ1n) is 12.1. The lowest BCUT2D eigenvalue weighted by Crippen LogP contribution is -2.46. The van der Waals surface area contributed by atoms with E-state index in [-0.39, 0.29) is 0 Å². The first kappa shape index (κ1) is 20.8. The van der Waals surface area contributed by atoms with Crippen molar-refractivity contribution < 1.29 is 0 Å². The zero-order valence-corrected chi connectivity index (χ0v) is 19.8. The fourth-order valence-electron chi connectivity index (χ4n) is 5.93. The van der Waals surface area contributed by atoms with Gasteiger partial charge in [-0.05, 0) is 64.0 Å². The highest BCUT2D eigenvalue weighted by molar-refractivity contribution is 7.98. The minimum absolute atomic E-state index is 0.972. The molecule has 166 valence electrons. The maximum Gasteiger partial charge on any atom is 0.102 e. The number of anilines is 1. The Kier molecular flexibility index (Phi) is 5.62. The van der Waals surface area contributed by atoms with Gasteiger partial charge in [-0.1, -0.05) is 54.6 Å². The predicted octanol–water partition coefficient (Wildman–Crippen LogP) is 5.44. The van der Waals surface area contributed by atoms with Crippen molar-refractivity contribution in [2.24, 2.45) is 0 Å². The van der Waals surface area contributed by atoms with Gasteiger partial charge >= 0.3 is 0 Å². The number of hydrogen-bond acceptors (Lipinski definition) is 4. The normalized spacial score (nSPS) is 17.6. The van der Waals surface area contributed by atoms with Gasteiger partial charge in [0.25, 0.3) is 0 Å². The fourth-order valence-corrected chi connectivity index (χ4v) is 6.95. The van der Waals surface area contributed by atoms with E-state index >= 15 is 0 Å². The highest BCUT2D eigenvalue weighted by atomic mass is 32.2. The average Bonchev–Trinajstić information content (AvgIpc) is 2.88. The van der Waals surface area contributed by atoms with Gasteiger partial charge in [0.1, 0.15) is 6.07 Å². The number of benzene rings is 3. The van der Waals surface area contributed by atoms with Crippen molar-refractivity contribution in [3.8, 4) is 17.2 Å². The van der Waals surface area contributed by atoms with Gasteiger partial charge < -0.3 is 4.90 Å². The number of fused-ring (bicyclic) bond motifs is 5. The van der Waals surface area contributed by atoms with Crippen LogP contribution in [0.5, 0.6) is 0 Å². The van der Waals surface area contributed by atoms with Crippen LogP contribution in [0.4, 0.5) is 5.69 Å². The van der Waals surface area contributed by atoms with Crippen molar-refractivity contribution in [2.75, 3.05) is 36.8 Å². The molecule has 0 saturated carbocycles. The van der Waals surface area contributed by atoms with Crippen molar-refractivity contribution >= 4 is 17.4 Å². The molecular weight excluding hydrogens is 422 g/mol. The lowest BCUT2D eigenvalue weighted by atomic mass is 9.78. The largest absolute Gasteiger partial charge is 0.368 e. The Balaban J connectivity index is 1.39. The molecule has 0 radical (unpaired) electrons. The first-order chi connectivity index (χ1) is 16.3. The third-order valence-electron chi connectivity index (χ3n) is 7.52. The minimum Gasteiger partial charge on any atom is -0.368 e. The molecule has 6 rings (SSSR count). The number of thioether (sulfide) groups is 1. The van der Waals surface area contributed by atoms with E-state index in [1.807, 2.05) is 11.8 Å². The second-order valence-electron chi connectivity index (χ2n) is 9.35. The molecular formula is C29H29N3S. The molecule has 1 aliphatic carbocycles. The topological polar surface area (TPSA) is 30.3 Å². The van der Waals surface area contributed by atoms with Crippen LogP contribution in [0.2, 0.25) is 0 Å². The average molecular weight is 452 g/mol. The van der Waals surface area contributed by atoms with E-state index in [9.17, 15) is 5.26 Å². The van der Waals surface area contributed by atoms with Crippen LogP contribution in [0, 0.1) is 11.3 Å². The Labute approximate surface area is 201 Å². The fraction of sp³-hybridized carbons (Fsp3) is 0.345. The van der Waals surface area contributed by atoms with Gasteiger partial charge in [0, 0.05) is 38.5 Å². The van der Waals surface area contributed by atoms with Crippen LogP contribution in [0.1, 0.15) is 33.4 Å². The van der Waals surface area contributed by atoms with Crippen LogP contribution in [-0.4, -0.2) is 36.8 Å². The maximum absolute atomic E-state index is 10.4. The zero-order chi connectivity index (χ0) is 22.2. The Morgan fingerprint density at radius 1 is 0.818 bits per heavy atom. The van der Waals surface area contributed by atoms with Gasteiger partial charge in [-0.15, -0.1) is 0 Å². The molecule has 1 saturated heterocycles. The number of nitriles is 1. The van der Waals surface area contributed by atoms with Crippen molar-refractivity contribution in [1.82, 2.24) is 4.90 Å². The molecule has 3 aliphatic rings. The standard InChI is InChI=1S/C29H29N3S/c30-18-26-24-12-17-33-20-27(24)28-23-9-5-4-8-22(23)10-11-25(28)29(26)32-15-13-31(14-16-32)19-21-6-2-1-3-7-21/h1-9H,10-17,19-20H2. The Morgan fingerprint density at radius 2 is 1.61 bits per heavy atom. The number of nitrogens with zero attached hydrogens (tertiary/aromatic N) is 3. The summed E-state index contributed by atoms with van der Waals surface area (Å²) in [5.41, 5.74) is 12.1. The molecule has 0 amide bonds. The van der Waals surface area contributed by atoms with Gasteiger partial charge in [0.15, 0.2) is 0 Å². The van der Waals surface area contributed by atoms with Gasteiger partial charge in [0.2, 0.25) is 0 Å². The second-order valence-corrected chi connectivity index (χ2v) is 10.5. The summed E-state index contributed by atoms with van der Waals surface area (Å²) in [6.45, 7) is 5.06. The summed E-state index contributed by atoms with van der Waals surface area (Å²) >= 11 is 2.02. The molecule has 2 aliphatic heterocycles. The smallest absolute Gasteiger partial charge is 0.102 e. The lowest BCUT2D eigenvalue weighted by Gasteiger charge is -2.40. The second kappa shape index (κ2) is 8.89. The highest BCUT2D eigenvalue weighted by Gasteiger charge is 2.32. The molecule has 2 heterocycles. The molecule has 0 unspecified atom stereocenters. The zero-order valence-electron chi connectivity index (χ0n) is 19.0. The summed E-state index contributed by atoms with van der Waals surface area (Å²) in [5, 5.41) is 10.4. The van der Waals surface area contributed by atoms with E-state index < -0.39 is 0 Å². The van der Waals surface area contributed by atoms with Crippen LogP contribution in [-0.2, 0) is 31.6 Å². The van der Waals surface area contributed by atoms with E-state index in [1.54, 1.807) is 0 Å². The van der Waals surface area contributed by atoms with Crippen molar-refractivity contribution in [3.05, 3.63) is 88.0 Å². The first-order valence-corrected chi connectivity index (χ1v) is 13.3. The predicted molar refractivity (Wildman–Crippen MR) is 138 cm³/mol. The van der Waals surface area contributed by atoms with Crippen molar-refractivity contribution in [3.63, 3.8) is 0 Å². The molecule has 0 aromatic heterocycles. The molecule has 33 heavy (non-hydrogen) atoms. The van der Waals surface area contributed by atoms with Gasteiger partial charge in [-0.25, -0.2) is 0 Å². The van der Waals surface area contributed by atoms with Crippen molar-refractivity contribution in [1.29, 1.82) is 5.26 Å². The van der Waals surface area contributed by atoms with E-state index in [0.29, 0.717) is 0 Å². The van der Waals surface area contributed by atoms with E-state index in [2.05, 4.69) is 70.5 Å². The summed E-state index contributed by atoms with van der Waals surface area (Å²) in [4.78, 5) is 5.09. The molecule has 1 fully saturated rings. The Hall–Kier alpha value is -2.74. The number of rotatable bonds is 3. The van der Waals surface area contributed by atoms with Crippen LogP contribution >= 0.6 is 11.8 Å². The molecule has 0 bridgehead atoms. The summed E-state index contributed by atoms with van der Waals surface area (Å²) in [6, 6.07) is 22.4. The maximum atomic E-state index is 10.4. The molecule has 0 N–H and O–H groups in total. The van der Waals surface area contributed by atoms with Crippen LogP contribution < -0.4 is 4.90 Å². The quantitative estimate of drug-likeness (QED) is 0.531. The van der Waals surface area contributed by atoms with Crippen LogP contribution in [0.3, 0.4) is 0 Å². The minimum atomic E-state index is 0.972. The third-order valence-corrected chi connectivity index (χ3v) is 8.50. The van der Waals surface area contributed by atoms with Gasteiger partial charge in [0.05, 0.1) is 11.3 Å². The number of piperazine rings is 1. The SMILES string of the molecule is N#Cc1c2c(c3c(c1N1CCN(Cc4ccccc4)CC1)CCc1ccccc1-3)CSCC2. The third kappa shape index (κ3) is 3.74. The molecule has 0 atom stereocenters. The van der Waals surface area contributed by atoms with Crippen molar-refractivity contribution in [2.45, 2.75) is 31.6 Å². The molecule has 3 nitrogen and oxygen atoms in total. The number of aryl methyl sites for hydroxylation is 1. The van der Waals surface area contributed by atoms with E-state index in [0.717, 1.165) is 69.1 Å². The van der Waals surface area contributed by atoms with Gasteiger partial charge in [-0.2, -0.15) is 17.0 Å². The Bertz CT molecular complexity index is 1220. The van der Waals surface area contributed by atoms with Crippen LogP contribution in [0.15, 0.2) is 54.6 Å². The molecule has 3 aromatic carbocycles.